The number of rotatable bonds is 7. The molecule has 0 aliphatic heterocycles. The monoisotopic (exact) mass is 489 g/mol. The molecule has 3 aromatic carbocycles. The Kier molecular flexibility index (Phi) is 6.82. The van der Waals surface area contributed by atoms with Gasteiger partial charge in [-0.1, -0.05) is 18.2 Å². The molecular weight excluding hydrogens is 466 g/mol. The van der Waals surface area contributed by atoms with E-state index in [9.17, 15) is 30.0 Å². The van der Waals surface area contributed by atoms with Gasteiger partial charge in [0.25, 0.3) is 0 Å². The average molecular weight is 489 g/mol. The van der Waals surface area contributed by atoms with E-state index < -0.39 is 17.9 Å². The third-order valence-electron chi connectivity index (χ3n) is 5.55. The lowest BCUT2D eigenvalue weighted by atomic mass is 10.1. The summed E-state index contributed by atoms with van der Waals surface area (Å²) in [5.41, 5.74) is 1.94. The van der Waals surface area contributed by atoms with E-state index in [1.54, 1.807) is 30.3 Å². The van der Waals surface area contributed by atoms with Crippen molar-refractivity contribution in [2.45, 2.75) is 12.5 Å². The van der Waals surface area contributed by atoms with E-state index in [0.717, 1.165) is 5.56 Å². The standard InChI is InChI=1S/C27H23NO8/c1-35-27(34)20(12-15-2-7-18(29)8-3-15)28-25(33)11-6-16-4-10-22(31)26-19(16)14-24(36-26)17-5-9-21(30)23(32)13-17/h2-11,13-14,20,29-32H,12H2,1H3,(H,28,33)/b11-6+/t20-/m0/s1. The zero-order valence-corrected chi connectivity index (χ0v) is 19.1. The molecule has 0 saturated heterocycles. The zero-order chi connectivity index (χ0) is 25.8. The van der Waals surface area contributed by atoms with Gasteiger partial charge in [-0.05, 0) is 59.7 Å². The number of carbonyl (C=O) groups excluding carboxylic acids is 2. The van der Waals surface area contributed by atoms with Crippen LogP contribution in [0.25, 0.3) is 28.4 Å². The number of methoxy groups -OCH3 is 1. The van der Waals surface area contributed by atoms with E-state index in [4.69, 9.17) is 9.15 Å². The zero-order valence-electron chi connectivity index (χ0n) is 19.1. The molecule has 1 heterocycles. The van der Waals surface area contributed by atoms with Crippen molar-refractivity contribution in [2.75, 3.05) is 7.11 Å². The van der Waals surface area contributed by atoms with Gasteiger partial charge in [-0.2, -0.15) is 0 Å². The van der Waals surface area contributed by atoms with Gasteiger partial charge in [-0.15, -0.1) is 0 Å². The van der Waals surface area contributed by atoms with Gasteiger partial charge >= 0.3 is 5.97 Å². The molecule has 1 amide bonds. The first-order chi connectivity index (χ1) is 17.2. The lowest BCUT2D eigenvalue weighted by Crippen LogP contribution is -2.42. The maximum atomic E-state index is 12.6. The third-order valence-corrected chi connectivity index (χ3v) is 5.55. The molecule has 184 valence electrons. The molecule has 36 heavy (non-hydrogen) atoms. The molecule has 1 aromatic heterocycles. The van der Waals surface area contributed by atoms with Gasteiger partial charge in [0, 0.05) is 23.4 Å². The molecular formula is C27H23NO8. The Morgan fingerprint density at radius 1 is 0.944 bits per heavy atom. The summed E-state index contributed by atoms with van der Waals surface area (Å²) in [6, 6.07) is 14.2. The van der Waals surface area contributed by atoms with Crippen LogP contribution in [0.2, 0.25) is 0 Å². The highest BCUT2D eigenvalue weighted by atomic mass is 16.5. The van der Waals surface area contributed by atoms with E-state index in [-0.39, 0.29) is 35.0 Å². The molecule has 0 aliphatic rings. The highest BCUT2D eigenvalue weighted by Crippen LogP contribution is 2.37. The second-order valence-electron chi connectivity index (χ2n) is 8.02. The Morgan fingerprint density at radius 3 is 2.36 bits per heavy atom. The number of carbonyl (C=O) groups is 2. The first kappa shape index (κ1) is 24.2. The van der Waals surface area contributed by atoms with Gasteiger partial charge in [0.2, 0.25) is 5.91 Å². The number of phenolic OH excluding ortho intramolecular Hbond substituents is 4. The molecule has 0 spiro atoms. The fourth-order valence-electron chi connectivity index (χ4n) is 3.68. The van der Waals surface area contributed by atoms with Gasteiger partial charge in [-0.25, -0.2) is 4.79 Å². The predicted octanol–water partition coefficient (Wildman–Crippen LogP) is 3.84. The Balaban J connectivity index is 1.56. The minimum Gasteiger partial charge on any atom is -0.508 e. The van der Waals surface area contributed by atoms with Gasteiger partial charge in [0.15, 0.2) is 22.8 Å². The van der Waals surface area contributed by atoms with Crippen LogP contribution in [0.4, 0.5) is 0 Å². The maximum absolute atomic E-state index is 12.6. The number of nitrogens with one attached hydrogen (secondary N) is 1. The smallest absolute Gasteiger partial charge is 0.328 e. The Morgan fingerprint density at radius 2 is 1.67 bits per heavy atom. The summed E-state index contributed by atoms with van der Waals surface area (Å²) in [5.74, 6) is -1.44. The topological polar surface area (TPSA) is 149 Å². The number of aromatic hydroxyl groups is 4. The summed E-state index contributed by atoms with van der Waals surface area (Å²) in [7, 11) is 1.23. The van der Waals surface area contributed by atoms with Gasteiger partial charge in [0.1, 0.15) is 17.6 Å². The number of esters is 1. The molecule has 9 heteroatoms. The number of ether oxygens (including phenoxy) is 1. The average Bonchev–Trinajstić information content (AvgIpc) is 3.32. The minimum atomic E-state index is -0.945. The van der Waals surface area contributed by atoms with E-state index in [2.05, 4.69) is 5.32 Å². The van der Waals surface area contributed by atoms with Crippen LogP contribution in [-0.2, 0) is 20.7 Å². The first-order valence-electron chi connectivity index (χ1n) is 10.9. The largest absolute Gasteiger partial charge is 0.508 e. The van der Waals surface area contributed by atoms with Crippen LogP contribution in [0, 0.1) is 0 Å². The van der Waals surface area contributed by atoms with Crippen LogP contribution in [0.15, 0.2) is 71.2 Å². The van der Waals surface area contributed by atoms with E-state index in [1.165, 1.54) is 49.6 Å². The van der Waals surface area contributed by atoms with Crippen LogP contribution in [0.5, 0.6) is 23.0 Å². The summed E-state index contributed by atoms with van der Waals surface area (Å²) in [6.07, 6.45) is 2.93. The molecule has 5 N–H and O–H groups in total. The summed E-state index contributed by atoms with van der Waals surface area (Å²) in [5, 5.41) is 42.1. The van der Waals surface area contributed by atoms with Gasteiger partial charge in [0.05, 0.1) is 7.11 Å². The fourth-order valence-corrected chi connectivity index (χ4v) is 3.68. The SMILES string of the molecule is COC(=O)[C@H](Cc1ccc(O)cc1)NC(=O)/C=C/c1ccc(O)c2oc(-c3ccc(O)c(O)c3)cc12. The maximum Gasteiger partial charge on any atom is 0.328 e. The van der Waals surface area contributed by atoms with Crippen molar-refractivity contribution in [3.8, 4) is 34.3 Å². The number of benzene rings is 3. The molecule has 0 unspecified atom stereocenters. The van der Waals surface area contributed by atoms with Crippen molar-refractivity contribution in [1.82, 2.24) is 5.32 Å². The minimum absolute atomic E-state index is 0.0881. The lowest BCUT2D eigenvalue weighted by molar-refractivity contribution is -0.144. The van der Waals surface area contributed by atoms with Crippen molar-refractivity contribution in [3.05, 3.63) is 77.9 Å². The number of phenols is 4. The van der Waals surface area contributed by atoms with Crippen molar-refractivity contribution in [2.24, 2.45) is 0 Å². The third kappa shape index (κ3) is 5.25. The van der Waals surface area contributed by atoms with E-state index in [0.29, 0.717) is 22.3 Å². The van der Waals surface area contributed by atoms with Crippen molar-refractivity contribution >= 4 is 28.9 Å². The van der Waals surface area contributed by atoms with E-state index >= 15 is 0 Å². The first-order valence-corrected chi connectivity index (χ1v) is 10.9. The summed E-state index contributed by atoms with van der Waals surface area (Å²) in [4.78, 5) is 24.8. The van der Waals surface area contributed by atoms with Crippen molar-refractivity contribution < 1.29 is 39.2 Å². The van der Waals surface area contributed by atoms with Gasteiger partial charge in [-0.3, -0.25) is 4.79 Å². The van der Waals surface area contributed by atoms with Crippen LogP contribution >= 0.6 is 0 Å². The molecule has 9 nitrogen and oxygen atoms in total. The molecule has 1 atom stereocenters. The molecule has 0 saturated carbocycles. The second-order valence-corrected chi connectivity index (χ2v) is 8.02. The Labute approximate surface area is 205 Å². The highest BCUT2D eigenvalue weighted by Gasteiger charge is 2.21. The van der Waals surface area contributed by atoms with Crippen LogP contribution < -0.4 is 5.32 Å². The number of hydrogen-bond donors (Lipinski definition) is 5. The number of fused-ring (bicyclic) bond motifs is 1. The molecule has 0 fully saturated rings. The van der Waals surface area contributed by atoms with Crippen LogP contribution in [-0.4, -0.2) is 45.5 Å². The van der Waals surface area contributed by atoms with Crippen LogP contribution in [0.3, 0.4) is 0 Å². The number of hydrogen-bond acceptors (Lipinski definition) is 8. The predicted molar refractivity (Wildman–Crippen MR) is 131 cm³/mol. The normalized spacial score (nSPS) is 12.0. The highest BCUT2D eigenvalue weighted by molar-refractivity contribution is 5.99. The van der Waals surface area contributed by atoms with Gasteiger partial charge < -0.3 is 34.9 Å². The van der Waals surface area contributed by atoms with Crippen molar-refractivity contribution in [3.63, 3.8) is 0 Å². The van der Waals surface area contributed by atoms with Crippen molar-refractivity contribution in [1.29, 1.82) is 0 Å². The quantitative estimate of drug-likeness (QED) is 0.149. The number of amides is 1. The Bertz CT molecular complexity index is 1450. The lowest BCUT2D eigenvalue weighted by Gasteiger charge is -2.15. The summed E-state index contributed by atoms with van der Waals surface area (Å²) >= 11 is 0. The van der Waals surface area contributed by atoms with E-state index in [1.807, 2.05) is 0 Å². The number of furan rings is 1. The van der Waals surface area contributed by atoms with Crippen LogP contribution in [0.1, 0.15) is 11.1 Å². The Hall–Kier alpha value is -4.92. The molecule has 4 rings (SSSR count). The second kappa shape index (κ2) is 10.1. The summed E-state index contributed by atoms with van der Waals surface area (Å²) < 4.78 is 10.6. The molecule has 0 aliphatic carbocycles. The molecule has 0 bridgehead atoms. The molecule has 4 aromatic rings. The molecule has 0 radical (unpaired) electrons. The summed E-state index contributed by atoms with van der Waals surface area (Å²) in [6.45, 7) is 0. The fraction of sp³-hybridized carbons (Fsp3) is 0.111.